The van der Waals surface area contributed by atoms with E-state index < -0.39 is 0 Å². The molecule has 1 N–H and O–H groups in total. The minimum Gasteiger partial charge on any atom is -0.463 e. The molecule has 0 aromatic carbocycles. The Hall–Kier alpha value is -0.570. The molecule has 0 amide bonds. The van der Waals surface area contributed by atoms with Crippen molar-refractivity contribution in [3.8, 4) is 0 Å². The number of carbonyl (C=O) groups is 1. The molecule has 19 heavy (non-hydrogen) atoms. The Kier molecular flexibility index (Phi) is 8.89. The summed E-state index contributed by atoms with van der Waals surface area (Å²) in [6.07, 6.45) is 13.1. The second-order valence-corrected chi connectivity index (χ2v) is 5.89. The average molecular weight is 270 g/mol. The van der Waals surface area contributed by atoms with Crippen LogP contribution in [-0.4, -0.2) is 23.8 Å². The quantitative estimate of drug-likeness (QED) is 0.610. The van der Waals surface area contributed by atoms with E-state index >= 15 is 0 Å². The molecule has 112 valence electrons. The monoisotopic (exact) mass is 270 g/mol. The van der Waals surface area contributed by atoms with E-state index in [4.69, 9.17) is 9.84 Å². The summed E-state index contributed by atoms with van der Waals surface area (Å²) in [7, 11) is 0. The third-order valence-corrected chi connectivity index (χ3v) is 4.13. The van der Waals surface area contributed by atoms with Crippen molar-refractivity contribution in [2.45, 2.75) is 83.7 Å². The summed E-state index contributed by atoms with van der Waals surface area (Å²) in [5, 5.41) is 8.84. The lowest BCUT2D eigenvalue weighted by molar-refractivity contribution is -0.147. The number of unbranched alkanes of at least 4 members (excludes halogenated alkanes) is 1. The third kappa shape index (κ3) is 8.25. The van der Waals surface area contributed by atoms with E-state index in [1.165, 1.54) is 51.9 Å². The summed E-state index contributed by atoms with van der Waals surface area (Å²) < 4.78 is 5.36. The Labute approximate surface area is 117 Å². The van der Waals surface area contributed by atoms with Gasteiger partial charge in [0.25, 0.3) is 0 Å². The van der Waals surface area contributed by atoms with Crippen molar-refractivity contribution in [3.05, 3.63) is 0 Å². The smallest absolute Gasteiger partial charge is 0.302 e. The lowest BCUT2D eigenvalue weighted by Crippen LogP contribution is -2.17. The molecule has 0 spiro atoms. The molecular weight excluding hydrogens is 240 g/mol. The van der Waals surface area contributed by atoms with Crippen molar-refractivity contribution in [1.29, 1.82) is 0 Å². The molecule has 1 fully saturated rings. The summed E-state index contributed by atoms with van der Waals surface area (Å²) in [4.78, 5) is 11.0. The van der Waals surface area contributed by atoms with E-state index in [1.54, 1.807) is 0 Å². The van der Waals surface area contributed by atoms with Crippen LogP contribution in [0, 0.1) is 5.92 Å². The number of esters is 1. The first-order valence-electron chi connectivity index (χ1n) is 8.00. The highest BCUT2D eigenvalue weighted by Crippen LogP contribution is 2.26. The van der Waals surface area contributed by atoms with Gasteiger partial charge in [-0.15, -0.1) is 0 Å². The summed E-state index contributed by atoms with van der Waals surface area (Å²) in [6, 6.07) is 0. The maximum atomic E-state index is 11.0. The van der Waals surface area contributed by atoms with Crippen molar-refractivity contribution >= 4 is 5.97 Å². The van der Waals surface area contributed by atoms with E-state index in [9.17, 15) is 4.79 Å². The number of aliphatic hydroxyl groups is 1. The average Bonchev–Trinajstić information content (AvgIpc) is 2.38. The van der Waals surface area contributed by atoms with Crippen LogP contribution in [0.1, 0.15) is 77.6 Å². The zero-order valence-electron chi connectivity index (χ0n) is 12.4. The first kappa shape index (κ1) is 16.5. The van der Waals surface area contributed by atoms with Crippen LogP contribution in [0.25, 0.3) is 0 Å². The van der Waals surface area contributed by atoms with Crippen LogP contribution < -0.4 is 0 Å². The molecule has 0 heterocycles. The second-order valence-electron chi connectivity index (χ2n) is 5.89. The largest absolute Gasteiger partial charge is 0.463 e. The van der Waals surface area contributed by atoms with Gasteiger partial charge in [-0.25, -0.2) is 0 Å². The molecule has 0 unspecified atom stereocenters. The third-order valence-electron chi connectivity index (χ3n) is 4.13. The fourth-order valence-electron chi connectivity index (χ4n) is 3.08. The number of hydrogen-bond acceptors (Lipinski definition) is 3. The molecule has 0 aromatic rings. The molecule has 0 atom stereocenters. The van der Waals surface area contributed by atoms with Gasteiger partial charge in [0.1, 0.15) is 6.10 Å². The van der Waals surface area contributed by atoms with Gasteiger partial charge in [0.15, 0.2) is 0 Å². The molecule has 0 radical (unpaired) electrons. The maximum Gasteiger partial charge on any atom is 0.302 e. The molecule has 3 nitrogen and oxygen atoms in total. The van der Waals surface area contributed by atoms with Gasteiger partial charge in [-0.2, -0.15) is 0 Å². The normalized spacial score (nSPS) is 25.8. The van der Waals surface area contributed by atoms with Gasteiger partial charge < -0.3 is 9.84 Å². The highest BCUT2D eigenvalue weighted by Gasteiger charge is 2.15. The predicted octanol–water partition coefficient (Wildman–Crippen LogP) is 3.83. The minimum atomic E-state index is -0.135. The van der Waals surface area contributed by atoms with E-state index in [2.05, 4.69) is 0 Å². The van der Waals surface area contributed by atoms with Crippen LogP contribution in [0.3, 0.4) is 0 Å². The molecule has 1 rings (SSSR count). The molecule has 0 bridgehead atoms. The van der Waals surface area contributed by atoms with Crippen molar-refractivity contribution in [2.24, 2.45) is 5.92 Å². The fraction of sp³-hybridized carbons (Fsp3) is 0.938. The standard InChI is InChI=1S/C16H30O3/c1-14(18)19-16-11-4-2-8-15(9-3-5-12-16)10-6-7-13-17/h15-17H,2-13H2,1H3. The minimum absolute atomic E-state index is 0.135. The molecule has 1 aliphatic carbocycles. The number of carbonyl (C=O) groups excluding carboxylic acids is 1. The van der Waals surface area contributed by atoms with Crippen LogP contribution in [-0.2, 0) is 9.53 Å². The number of rotatable bonds is 5. The van der Waals surface area contributed by atoms with E-state index in [-0.39, 0.29) is 12.1 Å². The maximum absolute atomic E-state index is 11.0. The first-order chi connectivity index (χ1) is 9.22. The predicted molar refractivity (Wildman–Crippen MR) is 76.9 cm³/mol. The van der Waals surface area contributed by atoms with Gasteiger partial charge >= 0.3 is 5.97 Å². The summed E-state index contributed by atoms with van der Waals surface area (Å²) >= 11 is 0. The van der Waals surface area contributed by atoms with Gasteiger partial charge in [0.05, 0.1) is 0 Å². The zero-order chi connectivity index (χ0) is 13.9. The van der Waals surface area contributed by atoms with Gasteiger partial charge in [-0.05, 0) is 38.0 Å². The summed E-state index contributed by atoms with van der Waals surface area (Å²) in [6.45, 7) is 1.84. The first-order valence-corrected chi connectivity index (χ1v) is 8.00. The lowest BCUT2D eigenvalue weighted by atomic mass is 9.88. The van der Waals surface area contributed by atoms with Gasteiger partial charge in [-0.1, -0.05) is 38.5 Å². The topological polar surface area (TPSA) is 46.5 Å². The van der Waals surface area contributed by atoms with Gasteiger partial charge in [0.2, 0.25) is 0 Å². The number of aliphatic hydroxyl groups excluding tert-OH is 1. The molecule has 3 heteroatoms. The van der Waals surface area contributed by atoms with Crippen molar-refractivity contribution < 1.29 is 14.6 Å². The molecule has 1 saturated carbocycles. The van der Waals surface area contributed by atoms with Crippen molar-refractivity contribution in [2.75, 3.05) is 6.61 Å². The van der Waals surface area contributed by atoms with Crippen LogP contribution in [0.4, 0.5) is 0 Å². The highest BCUT2D eigenvalue weighted by atomic mass is 16.5. The zero-order valence-corrected chi connectivity index (χ0v) is 12.4. The van der Waals surface area contributed by atoms with Gasteiger partial charge in [0, 0.05) is 13.5 Å². The summed E-state index contributed by atoms with van der Waals surface area (Å²) in [5.74, 6) is 0.709. The number of hydrogen-bond donors (Lipinski definition) is 1. The Bertz CT molecular complexity index is 228. The SMILES string of the molecule is CC(=O)OC1CCCCC(CCCCO)CCCC1. The number of ether oxygens (including phenoxy) is 1. The summed E-state index contributed by atoms with van der Waals surface area (Å²) in [5.41, 5.74) is 0. The molecule has 0 aromatic heterocycles. The van der Waals surface area contributed by atoms with E-state index in [0.29, 0.717) is 6.61 Å². The van der Waals surface area contributed by atoms with E-state index in [0.717, 1.165) is 31.6 Å². The second kappa shape index (κ2) is 10.2. The van der Waals surface area contributed by atoms with Gasteiger partial charge in [-0.3, -0.25) is 4.79 Å². The van der Waals surface area contributed by atoms with Crippen molar-refractivity contribution in [1.82, 2.24) is 0 Å². The molecule has 0 aliphatic heterocycles. The van der Waals surface area contributed by atoms with Crippen LogP contribution in [0.15, 0.2) is 0 Å². The Morgan fingerprint density at radius 2 is 1.63 bits per heavy atom. The Morgan fingerprint density at radius 1 is 1.05 bits per heavy atom. The van der Waals surface area contributed by atoms with Crippen LogP contribution >= 0.6 is 0 Å². The van der Waals surface area contributed by atoms with E-state index in [1.807, 2.05) is 0 Å². The molecule has 1 aliphatic rings. The Morgan fingerprint density at radius 3 is 2.16 bits per heavy atom. The van der Waals surface area contributed by atoms with Crippen LogP contribution in [0.2, 0.25) is 0 Å². The fourth-order valence-corrected chi connectivity index (χ4v) is 3.08. The molecule has 0 saturated heterocycles. The lowest BCUT2D eigenvalue weighted by Gasteiger charge is -2.22. The highest BCUT2D eigenvalue weighted by molar-refractivity contribution is 5.66. The molecular formula is C16H30O3. The van der Waals surface area contributed by atoms with Crippen LogP contribution in [0.5, 0.6) is 0 Å². The Balaban J connectivity index is 2.26. The van der Waals surface area contributed by atoms with Crippen molar-refractivity contribution in [3.63, 3.8) is 0 Å².